The first kappa shape index (κ1) is 15.7. The van der Waals surface area contributed by atoms with Crippen LogP contribution in [0.5, 0.6) is 0 Å². The zero-order valence-corrected chi connectivity index (χ0v) is 12.9. The normalized spacial score (nSPS) is 18.5. The lowest BCUT2D eigenvalue weighted by atomic mass is 10.2. The maximum Gasteiger partial charge on any atom is 0.272 e. The summed E-state index contributed by atoms with van der Waals surface area (Å²) < 4.78 is 27.4. The van der Waals surface area contributed by atoms with Gasteiger partial charge in [-0.05, 0) is 18.2 Å². The molecule has 1 saturated carbocycles. The third-order valence-corrected chi connectivity index (χ3v) is 4.01. The SMILES string of the molecule is C=CC(=O)N(Cc1cnn(C2CC2(F)F)c1)c1ccccc1Cl. The lowest BCUT2D eigenvalue weighted by molar-refractivity contribution is -0.114. The molecule has 1 aliphatic carbocycles. The number of benzene rings is 1. The van der Waals surface area contributed by atoms with Crippen molar-refractivity contribution in [2.45, 2.75) is 24.9 Å². The predicted octanol–water partition coefficient (Wildman–Crippen LogP) is 3.84. The third-order valence-electron chi connectivity index (χ3n) is 3.69. The molecule has 0 bridgehead atoms. The Morgan fingerprint density at radius 3 is 2.83 bits per heavy atom. The van der Waals surface area contributed by atoms with Gasteiger partial charge in [0.2, 0.25) is 0 Å². The van der Waals surface area contributed by atoms with Crippen LogP contribution in [0.4, 0.5) is 14.5 Å². The Labute approximate surface area is 137 Å². The Bertz CT molecular complexity index is 759. The molecule has 7 heteroatoms. The van der Waals surface area contributed by atoms with Crippen molar-refractivity contribution in [3.8, 4) is 0 Å². The number of halogens is 3. The van der Waals surface area contributed by atoms with E-state index in [0.717, 1.165) is 0 Å². The van der Waals surface area contributed by atoms with Crippen LogP contribution in [0, 0.1) is 0 Å². The molecular formula is C16H14ClF2N3O. The van der Waals surface area contributed by atoms with E-state index in [1.54, 1.807) is 24.3 Å². The topological polar surface area (TPSA) is 38.1 Å². The maximum absolute atomic E-state index is 13.1. The quantitative estimate of drug-likeness (QED) is 0.778. The number of alkyl halides is 2. The molecule has 1 aromatic carbocycles. The highest BCUT2D eigenvalue weighted by Gasteiger charge is 2.59. The van der Waals surface area contributed by atoms with Gasteiger partial charge >= 0.3 is 0 Å². The van der Waals surface area contributed by atoms with E-state index in [9.17, 15) is 13.6 Å². The molecule has 1 atom stereocenters. The van der Waals surface area contributed by atoms with Crippen molar-refractivity contribution >= 4 is 23.2 Å². The molecule has 0 saturated heterocycles. The van der Waals surface area contributed by atoms with Crippen molar-refractivity contribution < 1.29 is 13.6 Å². The van der Waals surface area contributed by atoms with Crippen LogP contribution in [0.25, 0.3) is 0 Å². The van der Waals surface area contributed by atoms with Gasteiger partial charge in [-0.25, -0.2) is 8.78 Å². The Morgan fingerprint density at radius 2 is 2.22 bits per heavy atom. The Balaban J connectivity index is 1.84. The first-order chi connectivity index (χ1) is 10.9. The highest BCUT2D eigenvalue weighted by molar-refractivity contribution is 6.33. The first-order valence-corrected chi connectivity index (χ1v) is 7.39. The van der Waals surface area contributed by atoms with Gasteiger partial charge in [0.05, 0.1) is 23.5 Å². The molecule has 1 fully saturated rings. The van der Waals surface area contributed by atoms with Gasteiger partial charge in [0, 0.05) is 18.2 Å². The standard InChI is InChI=1S/C16H14ClF2N3O/c1-2-15(23)21(13-6-4-3-5-12(13)17)9-11-8-20-22(10-11)14-7-16(14,18)19/h2-6,8,10,14H,1,7,9H2. The van der Waals surface area contributed by atoms with Gasteiger partial charge in [-0.3, -0.25) is 9.48 Å². The zero-order valence-electron chi connectivity index (χ0n) is 12.1. The minimum Gasteiger partial charge on any atom is -0.303 e. The minimum atomic E-state index is -2.69. The summed E-state index contributed by atoms with van der Waals surface area (Å²) in [6.45, 7) is 3.66. The van der Waals surface area contributed by atoms with Crippen LogP contribution < -0.4 is 4.90 Å². The predicted molar refractivity (Wildman–Crippen MR) is 83.7 cm³/mol. The zero-order chi connectivity index (χ0) is 16.6. The largest absolute Gasteiger partial charge is 0.303 e. The van der Waals surface area contributed by atoms with Crippen molar-refractivity contribution in [1.29, 1.82) is 0 Å². The summed E-state index contributed by atoms with van der Waals surface area (Å²) in [4.78, 5) is 13.6. The average Bonchev–Trinajstić information content (AvgIpc) is 2.95. The molecule has 3 rings (SSSR count). The van der Waals surface area contributed by atoms with E-state index >= 15 is 0 Å². The molecule has 0 spiro atoms. The summed E-state index contributed by atoms with van der Waals surface area (Å²) in [5.74, 6) is -3.02. The Kier molecular flexibility index (Phi) is 3.93. The van der Waals surface area contributed by atoms with Crippen LogP contribution >= 0.6 is 11.6 Å². The van der Waals surface area contributed by atoms with Crippen LogP contribution in [0.2, 0.25) is 5.02 Å². The summed E-state index contributed by atoms with van der Waals surface area (Å²) in [5.41, 5.74) is 1.17. The fraction of sp³-hybridized carbons (Fsp3) is 0.250. The van der Waals surface area contributed by atoms with Gasteiger partial charge in [0.1, 0.15) is 6.04 Å². The van der Waals surface area contributed by atoms with Gasteiger partial charge in [-0.1, -0.05) is 30.3 Å². The summed E-state index contributed by atoms with van der Waals surface area (Å²) in [6, 6.07) is 6.02. The second-order valence-corrected chi connectivity index (χ2v) is 5.80. The highest BCUT2D eigenvalue weighted by Crippen LogP contribution is 2.52. The number of rotatable bonds is 5. The van der Waals surface area contributed by atoms with Gasteiger partial charge in [0.15, 0.2) is 0 Å². The molecule has 1 heterocycles. The van der Waals surface area contributed by atoms with Crippen molar-refractivity contribution in [2.24, 2.45) is 0 Å². The van der Waals surface area contributed by atoms with Crippen LogP contribution in [0.1, 0.15) is 18.0 Å². The number of hydrogen-bond donors (Lipinski definition) is 0. The third kappa shape index (κ3) is 3.12. The smallest absolute Gasteiger partial charge is 0.272 e. The highest BCUT2D eigenvalue weighted by atomic mass is 35.5. The molecule has 4 nitrogen and oxygen atoms in total. The maximum atomic E-state index is 13.1. The van der Waals surface area contributed by atoms with Crippen molar-refractivity contribution in [3.63, 3.8) is 0 Å². The first-order valence-electron chi connectivity index (χ1n) is 7.01. The Hall–Kier alpha value is -2.21. The van der Waals surface area contributed by atoms with Crippen molar-refractivity contribution in [1.82, 2.24) is 9.78 Å². The van der Waals surface area contributed by atoms with Crippen LogP contribution in [-0.2, 0) is 11.3 Å². The second-order valence-electron chi connectivity index (χ2n) is 5.39. The molecule has 1 aliphatic rings. The molecule has 0 N–H and O–H groups in total. The molecule has 1 amide bonds. The molecule has 23 heavy (non-hydrogen) atoms. The van der Waals surface area contributed by atoms with Gasteiger partial charge in [-0.15, -0.1) is 0 Å². The molecule has 1 unspecified atom stereocenters. The number of aromatic nitrogens is 2. The monoisotopic (exact) mass is 337 g/mol. The van der Waals surface area contributed by atoms with E-state index in [2.05, 4.69) is 11.7 Å². The van der Waals surface area contributed by atoms with Gasteiger partial charge in [-0.2, -0.15) is 5.10 Å². The summed E-state index contributed by atoms with van der Waals surface area (Å²) in [5, 5.41) is 4.39. The molecule has 0 aliphatic heterocycles. The lowest BCUT2D eigenvalue weighted by Crippen LogP contribution is -2.28. The van der Waals surface area contributed by atoms with E-state index in [4.69, 9.17) is 11.6 Å². The summed E-state index contributed by atoms with van der Waals surface area (Å²) >= 11 is 6.14. The van der Waals surface area contributed by atoms with E-state index in [1.165, 1.54) is 28.1 Å². The Morgan fingerprint density at radius 1 is 1.52 bits per heavy atom. The van der Waals surface area contributed by atoms with E-state index < -0.39 is 12.0 Å². The van der Waals surface area contributed by atoms with Crippen LogP contribution in [0.3, 0.4) is 0 Å². The van der Waals surface area contributed by atoms with Gasteiger partial charge < -0.3 is 4.90 Å². The minimum absolute atomic E-state index is 0.173. The van der Waals surface area contributed by atoms with Crippen molar-refractivity contribution in [2.75, 3.05) is 4.90 Å². The number of carbonyl (C=O) groups excluding carboxylic acids is 1. The fourth-order valence-corrected chi connectivity index (χ4v) is 2.60. The number of amides is 1. The van der Waals surface area contributed by atoms with E-state index in [1.807, 2.05) is 0 Å². The molecule has 1 aromatic heterocycles. The molecule has 0 radical (unpaired) electrons. The van der Waals surface area contributed by atoms with Crippen LogP contribution in [0.15, 0.2) is 49.3 Å². The number of carbonyl (C=O) groups is 1. The van der Waals surface area contributed by atoms with Crippen molar-refractivity contribution in [3.05, 3.63) is 59.9 Å². The number of para-hydroxylation sites is 1. The average molecular weight is 338 g/mol. The summed E-state index contributed by atoms with van der Waals surface area (Å²) in [6.07, 6.45) is 4.00. The molecular weight excluding hydrogens is 324 g/mol. The van der Waals surface area contributed by atoms with E-state index in [0.29, 0.717) is 16.3 Å². The molecule has 2 aromatic rings. The van der Waals surface area contributed by atoms with Gasteiger partial charge in [0.25, 0.3) is 11.8 Å². The fourth-order valence-electron chi connectivity index (χ4n) is 2.36. The van der Waals surface area contributed by atoms with E-state index in [-0.39, 0.29) is 18.9 Å². The summed E-state index contributed by atoms with van der Waals surface area (Å²) in [7, 11) is 0. The number of nitrogens with zero attached hydrogens (tertiary/aromatic N) is 3. The van der Waals surface area contributed by atoms with Crippen LogP contribution in [-0.4, -0.2) is 21.6 Å². The second kappa shape index (κ2) is 5.77. The lowest BCUT2D eigenvalue weighted by Gasteiger charge is -2.21. The number of hydrogen-bond acceptors (Lipinski definition) is 2. The number of anilines is 1. The molecule has 120 valence electrons.